The molecule has 0 spiro atoms. The molecule has 4 nitrogen and oxygen atoms in total. The van der Waals surface area contributed by atoms with E-state index >= 15 is 0 Å². The number of nitrogens with two attached hydrogens (primary N) is 1. The quantitative estimate of drug-likeness (QED) is 0.742. The second kappa shape index (κ2) is 7.59. The summed E-state index contributed by atoms with van der Waals surface area (Å²) >= 11 is 0. The largest absolute Gasteiger partial charge is 0.489 e. The van der Waals surface area contributed by atoms with E-state index in [1.165, 1.54) is 0 Å². The Balaban J connectivity index is 2.66. The van der Waals surface area contributed by atoms with Gasteiger partial charge in [-0.1, -0.05) is 39.0 Å². The van der Waals surface area contributed by atoms with E-state index in [1.54, 1.807) is 12.1 Å². The number of nitrogens with one attached hydrogen (secondary N) is 1. The van der Waals surface area contributed by atoms with Gasteiger partial charge in [-0.15, -0.1) is 0 Å². The van der Waals surface area contributed by atoms with Gasteiger partial charge in [-0.25, -0.2) is 0 Å². The SMILES string of the molecule is C=CCOc1cccc(NC(=O)C(N)C(C)CC)c1. The van der Waals surface area contributed by atoms with Crippen LogP contribution in [0, 0.1) is 5.92 Å². The summed E-state index contributed by atoms with van der Waals surface area (Å²) in [6.45, 7) is 8.00. The van der Waals surface area contributed by atoms with E-state index in [-0.39, 0.29) is 11.8 Å². The molecular weight excluding hydrogens is 240 g/mol. The van der Waals surface area contributed by atoms with Crippen molar-refractivity contribution >= 4 is 11.6 Å². The third kappa shape index (κ3) is 4.75. The lowest BCUT2D eigenvalue weighted by Gasteiger charge is -2.18. The summed E-state index contributed by atoms with van der Waals surface area (Å²) in [7, 11) is 0. The average Bonchev–Trinajstić information content (AvgIpc) is 2.43. The minimum atomic E-state index is -0.497. The third-order valence-electron chi connectivity index (χ3n) is 3.03. The number of anilines is 1. The number of benzene rings is 1. The topological polar surface area (TPSA) is 64.3 Å². The molecule has 3 N–H and O–H groups in total. The first kappa shape index (κ1) is 15.2. The van der Waals surface area contributed by atoms with Crippen molar-refractivity contribution in [3.63, 3.8) is 0 Å². The van der Waals surface area contributed by atoms with Crippen LogP contribution in [0.3, 0.4) is 0 Å². The summed E-state index contributed by atoms with van der Waals surface area (Å²) in [5, 5.41) is 2.80. The van der Waals surface area contributed by atoms with Gasteiger partial charge in [0, 0.05) is 11.8 Å². The van der Waals surface area contributed by atoms with Gasteiger partial charge in [-0.2, -0.15) is 0 Å². The van der Waals surface area contributed by atoms with Crippen LogP contribution in [0.5, 0.6) is 5.75 Å². The maximum Gasteiger partial charge on any atom is 0.241 e. The van der Waals surface area contributed by atoms with E-state index in [0.29, 0.717) is 18.0 Å². The highest BCUT2D eigenvalue weighted by atomic mass is 16.5. The molecule has 0 aliphatic heterocycles. The van der Waals surface area contributed by atoms with Crippen molar-refractivity contribution in [1.82, 2.24) is 0 Å². The lowest BCUT2D eigenvalue weighted by atomic mass is 9.99. The predicted octanol–water partition coefficient (Wildman–Crippen LogP) is 2.56. The number of amides is 1. The fourth-order valence-electron chi connectivity index (χ4n) is 1.56. The Morgan fingerprint density at radius 1 is 1.58 bits per heavy atom. The van der Waals surface area contributed by atoms with Crippen molar-refractivity contribution in [1.29, 1.82) is 0 Å². The molecule has 0 radical (unpaired) electrons. The number of ether oxygens (including phenoxy) is 1. The summed E-state index contributed by atoms with van der Waals surface area (Å²) in [6.07, 6.45) is 2.54. The van der Waals surface area contributed by atoms with E-state index in [4.69, 9.17) is 10.5 Å². The molecule has 0 saturated heterocycles. The van der Waals surface area contributed by atoms with Crippen molar-refractivity contribution in [3.8, 4) is 5.75 Å². The molecule has 0 fully saturated rings. The summed E-state index contributed by atoms with van der Waals surface area (Å²) in [5.74, 6) is 0.672. The summed E-state index contributed by atoms with van der Waals surface area (Å²) in [5.41, 5.74) is 6.57. The van der Waals surface area contributed by atoms with E-state index in [1.807, 2.05) is 32.0 Å². The highest BCUT2D eigenvalue weighted by Gasteiger charge is 2.19. The molecule has 0 bridgehead atoms. The minimum absolute atomic E-state index is 0.153. The molecule has 0 aromatic heterocycles. The van der Waals surface area contributed by atoms with E-state index in [9.17, 15) is 4.79 Å². The molecule has 19 heavy (non-hydrogen) atoms. The van der Waals surface area contributed by atoms with Gasteiger partial charge in [-0.05, 0) is 18.1 Å². The highest BCUT2D eigenvalue weighted by Crippen LogP contribution is 2.18. The normalized spacial score (nSPS) is 13.4. The van der Waals surface area contributed by atoms with Gasteiger partial charge in [0.25, 0.3) is 0 Å². The van der Waals surface area contributed by atoms with Gasteiger partial charge in [0.05, 0.1) is 6.04 Å². The molecule has 1 rings (SSSR count). The molecule has 0 saturated carbocycles. The van der Waals surface area contributed by atoms with E-state index in [2.05, 4.69) is 11.9 Å². The van der Waals surface area contributed by atoms with Crippen LogP contribution in [0.2, 0.25) is 0 Å². The van der Waals surface area contributed by atoms with E-state index in [0.717, 1.165) is 6.42 Å². The lowest BCUT2D eigenvalue weighted by Crippen LogP contribution is -2.40. The summed E-state index contributed by atoms with van der Waals surface area (Å²) in [6, 6.07) is 6.73. The van der Waals surface area contributed by atoms with Gasteiger partial charge in [-0.3, -0.25) is 4.79 Å². The zero-order valence-corrected chi connectivity index (χ0v) is 11.6. The average molecular weight is 262 g/mol. The summed E-state index contributed by atoms with van der Waals surface area (Å²) in [4.78, 5) is 11.9. The van der Waals surface area contributed by atoms with Crippen molar-refractivity contribution < 1.29 is 9.53 Å². The standard InChI is InChI=1S/C15H22N2O2/c1-4-9-19-13-8-6-7-12(10-13)17-15(18)14(16)11(3)5-2/h4,6-8,10-11,14H,1,5,9,16H2,2-3H3,(H,17,18). The Kier molecular flexibility index (Phi) is 6.09. The number of carbonyl (C=O) groups excluding carboxylic acids is 1. The Morgan fingerprint density at radius 3 is 2.95 bits per heavy atom. The van der Waals surface area contributed by atoms with Crippen LogP contribution in [-0.2, 0) is 4.79 Å². The molecule has 1 amide bonds. The van der Waals surface area contributed by atoms with Crippen LogP contribution in [0.1, 0.15) is 20.3 Å². The van der Waals surface area contributed by atoms with Crippen molar-refractivity contribution in [2.24, 2.45) is 11.7 Å². The Bertz CT molecular complexity index is 432. The molecule has 0 aliphatic rings. The van der Waals surface area contributed by atoms with Gasteiger partial charge >= 0.3 is 0 Å². The van der Waals surface area contributed by atoms with Crippen LogP contribution in [0.4, 0.5) is 5.69 Å². The lowest BCUT2D eigenvalue weighted by molar-refractivity contribution is -0.118. The maximum absolute atomic E-state index is 11.9. The minimum Gasteiger partial charge on any atom is -0.489 e. The molecule has 104 valence electrons. The van der Waals surface area contributed by atoms with Crippen LogP contribution < -0.4 is 15.8 Å². The molecule has 1 aromatic rings. The maximum atomic E-state index is 11.9. The first-order chi connectivity index (χ1) is 9.08. The van der Waals surface area contributed by atoms with E-state index < -0.39 is 6.04 Å². The van der Waals surface area contributed by atoms with Gasteiger partial charge < -0.3 is 15.8 Å². The van der Waals surface area contributed by atoms with Crippen molar-refractivity contribution in [3.05, 3.63) is 36.9 Å². The molecular formula is C15H22N2O2. The second-order valence-electron chi connectivity index (χ2n) is 4.53. The monoisotopic (exact) mass is 262 g/mol. The Hall–Kier alpha value is -1.81. The van der Waals surface area contributed by atoms with Crippen molar-refractivity contribution in [2.75, 3.05) is 11.9 Å². The molecule has 0 heterocycles. The number of hydrogen-bond donors (Lipinski definition) is 2. The van der Waals surface area contributed by atoms with Crippen LogP contribution in [0.25, 0.3) is 0 Å². The molecule has 2 unspecified atom stereocenters. The molecule has 4 heteroatoms. The van der Waals surface area contributed by atoms with Gasteiger partial charge in [0.2, 0.25) is 5.91 Å². The number of carbonyl (C=O) groups is 1. The smallest absolute Gasteiger partial charge is 0.241 e. The van der Waals surface area contributed by atoms with Crippen LogP contribution in [-0.4, -0.2) is 18.6 Å². The third-order valence-corrected chi connectivity index (χ3v) is 3.03. The Labute approximate surface area is 114 Å². The fraction of sp³-hybridized carbons (Fsp3) is 0.400. The first-order valence-corrected chi connectivity index (χ1v) is 6.48. The molecule has 2 atom stereocenters. The predicted molar refractivity (Wildman–Crippen MR) is 78.2 cm³/mol. The van der Waals surface area contributed by atoms with Crippen molar-refractivity contribution in [2.45, 2.75) is 26.3 Å². The molecule has 0 aliphatic carbocycles. The number of rotatable bonds is 7. The second-order valence-corrected chi connectivity index (χ2v) is 4.53. The van der Waals surface area contributed by atoms with Gasteiger partial charge in [0.1, 0.15) is 12.4 Å². The zero-order chi connectivity index (χ0) is 14.3. The summed E-state index contributed by atoms with van der Waals surface area (Å²) < 4.78 is 5.41. The van der Waals surface area contributed by atoms with Crippen LogP contribution >= 0.6 is 0 Å². The fourth-order valence-corrected chi connectivity index (χ4v) is 1.56. The van der Waals surface area contributed by atoms with Gasteiger partial charge in [0.15, 0.2) is 0 Å². The highest BCUT2D eigenvalue weighted by molar-refractivity contribution is 5.95. The Morgan fingerprint density at radius 2 is 2.32 bits per heavy atom. The first-order valence-electron chi connectivity index (χ1n) is 6.48. The molecule has 1 aromatic carbocycles. The van der Waals surface area contributed by atoms with Crippen LogP contribution in [0.15, 0.2) is 36.9 Å². The zero-order valence-electron chi connectivity index (χ0n) is 11.6. The number of hydrogen-bond acceptors (Lipinski definition) is 3.